The summed E-state index contributed by atoms with van der Waals surface area (Å²) >= 11 is 0. The molecule has 2 aromatic carbocycles. The molecule has 1 amide bonds. The van der Waals surface area contributed by atoms with E-state index in [-0.39, 0.29) is 11.7 Å². The lowest BCUT2D eigenvalue weighted by Gasteiger charge is -2.09. The molecule has 3 aromatic rings. The summed E-state index contributed by atoms with van der Waals surface area (Å²) in [5, 5.41) is 19.2. The standard InChI is InChI=1S/C19H21N3O2/c1-13-10-14(2)22(21-13)9-5-8-20-19(24)17-11-15-6-3-4-7-16(15)12-18(17)23/h3-4,6-7,10-12,23H,5,8-9H2,1-2H3,(H,20,24). The van der Waals surface area contributed by atoms with Gasteiger partial charge in [-0.05, 0) is 49.2 Å². The number of benzene rings is 2. The van der Waals surface area contributed by atoms with Crippen molar-refractivity contribution in [3.63, 3.8) is 0 Å². The number of fused-ring (bicyclic) bond motifs is 1. The molecule has 1 heterocycles. The zero-order chi connectivity index (χ0) is 17.1. The van der Waals surface area contributed by atoms with Crippen LogP contribution < -0.4 is 5.32 Å². The molecule has 24 heavy (non-hydrogen) atoms. The summed E-state index contributed by atoms with van der Waals surface area (Å²) in [5.74, 6) is -0.253. The van der Waals surface area contributed by atoms with E-state index >= 15 is 0 Å². The number of hydrogen-bond acceptors (Lipinski definition) is 3. The van der Waals surface area contributed by atoms with E-state index in [1.165, 1.54) is 0 Å². The molecule has 124 valence electrons. The Bertz CT molecular complexity index is 883. The number of hydrogen-bond donors (Lipinski definition) is 2. The van der Waals surface area contributed by atoms with Crippen molar-refractivity contribution in [2.75, 3.05) is 6.54 Å². The minimum absolute atomic E-state index is 0.00439. The predicted octanol–water partition coefficient (Wildman–Crippen LogP) is 3.18. The van der Waals surface area contributed by atoms with Gasteiger partial charge in [0.2, 0.25) is 0 Å². The monoisotopic (exact) mass is 323 g/mol. The molecule has 0 fully saturated rings. The van der Waals surface area contributed by atoms with Crippen molar-refractivity contribution in [3.05, 3.63) is 59.4 Å². The first-order valence-corrected chi connectivity index (χ1v) is 8.05. The van der Waals surface area contributed by atoms with Crippen LogP contribution in [-0.4, -0.2) is 27.3 Å². The van der Waals surface area contributed by atoms with Gasteiger partial charge in [-0.15, -0.1) is 0 Å². The van der Waals surface area contributed by atoms with Crippen molar-refractivity contribution in [2.24, 2.45) is 0 Å². The van der Waals surface area contributed by atoms with E-state index in [0.29, 0.717) is 12.1 Å². The number of aromatic hydroxyl groups is 1. The maximum absolute atomic E-state index is 12.3. The van der Waals surface area contributed by atoms with E-state index in [1.807, 2.05) is 48.9 Å². The van der Waals surface area contributed by atoms with E-state index in [2.05, 4.69) is 10.4 Å². The lowest BCUT2D eigenvalue weighted by molar-refractivity contribution is 0.0950. The van der Waals surface area contributed by atoms with Gasteiger partial charge in [0.25, 0.3) is 5.91 Å². The van der Waals surface area contributed by atoms with E-state index in [1.54, 1.807) is 12.1 Å². The predicted molar refractivity (Wildman–Crippen MR) is 94.3 cm³/mol. The van der Waals surface area contributed by atoms with Crippen molar-refractivity contribution < 1.29 is 9.90 Å². The molecule has 2 N–H and O–H groups in total. The van der Waals surface area contributed by atoms with Gasteiger partial charge in [-0.25, -0.2) is 0 Å². The third-order valence-electron chi connectivity index (χ3n) is 4.04. The topological polar surface area (TPSA) is 67.2 Å². The average Bonchev–Trinajstić information content (AvgIpc) is 2.88. The molecule has 0 unspecified atom stereocenters. The highest BCUT2D eigenvalue weighted by atomic mass is 16.3. The fraction of sp³-hybridized carbons (Fsp3) is 0.263. The van der Waals surface area contributed by atoms with E-state index in [9.17, 15) is 9.90 Å². The van der Waals surface area contributed by atoms with Crippen LogP contribution in [0.15, 0.2) is 42.5 Å². The molecule has 5 nitrogen and oxygen atoms in total. The van der Waals surface area contributed by atoms with E-state index < -0.39 is 0 Å². The number of aryl methyl sites for hydroxylation is 3. The molecule has 0 aliphatic carbocycles. The number of rotatable bonds is 5. The number of phenolic OH excluding ortho intramolecular Hbond substituents is 1. The Morgan fingerprint density at radius 3 is 2.54 bits per heavy atom. The molecule has 0 aliphatic heterocycles. The minimum atomic E-state index is -0.258. The van der Waals surface area contributed by atoms with Gasteiger partial charge in [-0.3, -0.25) is 9.48 Å². The summed E-state index contributed by atoms with van der Waals surface area (Å²) in [4.78, 5) is 12.3. The number of aromatic nitrogens is 2. The number of phenols is 1. The number of nitrogens with one attached hydrogen (secondary N) is 1. The van der Waals surface area contributed by atoms with Gasteiger partial charge in [0.1, 0.15) is 5.75 Å². The van der Waals surface area contributed by atoms with Gasteiger partial charge in [0.15, 0.2) is 0 Å². The fourth-order valence-corrected chi connectivity index (χ4v) is 2.84. The van der Waals surface area contributed by atoms with Crippen LogP contribution in [0.3, 0.4) is 0 Å². The molecule has 0 saturated carbocycles. The highest BCUT2D eigenvalue weighted by Crippen LogP contribution is 2.24. The van der Waals surface area contributed by atoms with Crippen LogP contribution in [0.5, 0.6) is 5.75 Å². The van der Waals surface area contributed by atoms with Crippen molar-refractivity contribution in [1.29, 1.82) is 0 Å². The Labute approximate surface area is 140 Å². The number of carbonyl (C=O) groups is 1. The van der Waals surface area contributed by atoms with E-state index in [0.717, 1.165) is 35.1 Å². The third-order valence-corrected chi connectivity index (χ3v) is 4.04. The van der Waals surface area contributed by atoms with Crippen LogP contribution in [0.25, 0.3) is 10.8 Å². The quantitative estimate of drug-likeness (QED) is 0.709. The molecule has 0 saturated heterocycles. The molecule has 0 aliphatic rings. The van der Waals surface area contributed by atoms with Crippen molar-refractivity contribution in [2.45, 2.75) is 26.8 Å². The molecular formula is C19H21N3O2. The molecule has 0 radical (unpaired) electrons. The zero-order valence-corrected chi connectivity index (χ0v) is 13.9. The second kappa shape index (κ2) is 6.74. The van der Waals surface area contributed by atoms with Gasteiger partial charge in [0.05, 0.1) is 11.3 Å². The maximum Gasteiger partial charge on any atom is 0.255 e. The largest absolute Gasteiger partial charge is 0.507 e. The first kappa shape index (κ1) is 16.1. The number of amides is 1. The molecule has 5 heteroatoms. The Kier molecular flexibility index (Phi) is 4.51. The molecule has 0 atom stereocenters. The summed E-state index contributed by atoms with van der Waals surface area (Å²) in [5.41, 5.74) is 2.42. The maximum atomic E-state index is 12.3. The van der Waals surface area contributed by atoms with Gasteiger partial charge >= 0.3 is 0 Å². The van der Waals surface area contributed by atoms with Crippen LogP contribution in [0, 0.1) is 13.8 Å². The Hall–Kier alpha value is -2.82. The fourth-order valence-electron chi connectivity index (χ4n) is 2.84. The van der Waals surface area contributed by atoms with Crippen LogP contribution in [0.1, 0.15) is 28.2 Å². The van der Waals surface area contributed by atoms with Gasteiger partial charge in [-0.2, -0.15) is 5.10 Å². The van der Waals surface area contributed by atoms with Crippen LogP contribution >= 0.6 is 0 Å². The lowest BCUT2D eigenvalue weighted by atomic mass is 10.1. The Balaban J connectivity index is 1.61. The van der Waals surface area contributed by atoms with E-state index in [4.69, 9.17) is 0 Å². The van der Waals surface area contributed by atoms with Gasteiger partial charge in [0, 0.05) is 18.8 Å². The van der Waals surface area contributed by atoms with Crippen molar-refractivity contribution in [3.8, 4) is 5.75 Å². The zero-order valence-electron chi connectivity index (χ0n) is 13.9. The van der Waals surface area contributed by atoms with Crippen LogP contribution in [0.4, 0.5) is 0 Å². The first-order valence-electron chi connectivity index (χ1n) is 8.05. The summed E-state index contributed by atoms with van der Waals surface area (Å²) < 4.78 is 1.94. The molecule has 0 spiro atoms. The van der Waals surface area contributed by atoms with Crippen molar-refractivity contribution in [1.82, 2.24) is 15.1 Å². The number of carbonyl (C=O) groups excluding carboxylic acids is 1. The molecule has 1 aromatic heterocycles. The second-order valence-corrected chi connectivity index (χ2v) is 5.98. The number of nitrogens with zero attached hydrogens (tertiary/aromatic N) is 2. The Morgan fingerprint density at radius 1 is 1.17 bits per heavy atom. The summed E-state index contributed by atoms with van der Waals surface area (Å²) in [7, 11) is 0. The smallest absolute Gasteiger partial charge is 0.255 e. The molecular weight excluding hydrogens is 302 g/mol. The third kappa shape index (κ3) is 3.40. The van der Waals surface area contributed by atoms with Gasteiger partial charge in [-0.1, -0.05) is 24.3 Å². The van der Waals surface area contributed by atoms with Crippen LogP contribution in [0.2, 0.25) is 0 Å². The highest BCUT2D eigenvalue weighted by Gasteiger charge is 2.12. The van der Waals surface area contributed by atoms with Gasteiger partial charge < -0.3 is 10.4 Å². The summed E-state index contributed by atoms with van der Waals surface area (Å²) in [6.45, 7) is 5.27. The van der Waals surface area contributed by atoms with Crippen LogP contribution in [-0.2, 0) is 6.54 Å². The normalized spacial score (nSPS) is 10.9. The Morgan fingerprint density at radius 2 is 1.88 bits per heavy atom. The average molecular weight is 323 g/mol. The first-order chi connectivity index (χ1) is 11.5. The lowest BCUT2D eigenvalue weighted by Crippen LogP contribution is -2.25. The summed E-state index contributed by atoms with van der Waals surface area (Å²) in [6.07, 6.45) is 0.780. The second-order valence-electron chi connectivity index (χ2n) is 5.98. The summed E-state index contributed by atoms with van der Waals surface area (Å²) in [6, 6.07) is 13.0. The molecule has 0 bridgehead atoms. The SMILES string of the molecule is Cc1cc(C)n(CCCNC(=O)c2cc3ccccc3cc2O)n1. The van der Waals surface area contributed by atoms with Crippen molar-refractivity contribution >= 4 is 16.7 Å². The minimum Gasteiger partial charge on any atom is -0.507 e. The highest BCUT2D eigenvalue weighted by molar-refractivity contribution is 6.01. The molecule has 3 rings (SSSR count).